The lowest BCUT2D eigenvalue weighted by Gasteiger charge is -2.33. The molecule has 0 bridgehead atoms. The number of nitrogens with zero attached hydrogens (tertiary/aromatic N) is 3. The first-order valence-electron chi connectivity index (χ1n) is 9.97. The van der Waals surface area contributed by atoms with Crippen LogP contribution in [-0.4, -0.2) is 51.0 Å². The molecule has 0 spiro atoms. The number of hydrogen-bond donors (Lipinski definition) is 0. The van der Waals surface area contributed by atoms with Crippen LogP contribution in [0.25, 0.3) is 0 Å². The number of alkyl halides is 1. The lowest BCUT2D eigenvalue weighted by molar-refractivity contribution is 0.384. The fourth-order valence-electron chi connectivity index (χ4n) is 3.53. The topological polar surface area (TPSA) is 62.7 Å². The number of anilines is 1. The summed E-state index contributed by atoms with van der Waals surface area (Å²) in [6.07, 6.45) is 0.742. The molecule has 2 heterocycles. The molecule has 0 saturated carbocycles. The van der Waals surface area contributed by atoms with E-state index in [1.807, 2.05) is 30.3 Å². The number of rotatable bonds is 7. The highest BCUT2D eigenvalue weighted by Crippen LogP contribution is 2.26. The van der Waals surface area contributed by atoms with Crippen molar-refractivity contribution in [2.75, 3.05) is 38.2 Å². The van der Waals surface area contributed by atoms with E-state index in [9.17, 15) is 8.42 Å². The minimum Gasteiger partial charge on any atom is -0.497 e. The van der Waals surface area contributed by atoms with Gasteiger partial charge >= 0.3 is 0 Å². The van der Waals surface area contributed by atoms with Gasteiger partial charge in [-0.2, -0.15) is 4.31 Å². The molecule has 164 valence electrons. The molecule has 0 atom stereocenters. The van der Waals surface area contributed by atoms with Crippen molar-refractivity contribution in [2.45, 2.75) is 16.6 Å². The van der Waals surface area contributed by atoms with Gasteiger partial charge in [-0.15, -0.1) is 11.3 Å². The number of benzene rings is 2. The van der Waals surface area contributed by atoms with Crippen LogP contribution >= 0.6 is 27.3 Å². The molecule has 0 amide bonds. The van der Waals surface area contributed by atoms with Crippen molar-refractivity contribution in [1.29, 1.82) is 0 Å². The highest BCUT2D eigenvalue weighted by molar-refractivity contribution is 9.08. The number of sulfonamides is 1. The second-order valence-electron chi connectivity index (χ2n) is 7.32. The molecule has 1 aliphatic heterocycles. The summed E-state index contributed by atoms with van der Waals surface area (Å²) in [5, 5.41) is 3.72. The number of halogens is 1. The number of methoxy groups -OCH3 is 1. The molecule has 1 aromatic heterocycles. The quantitative estimate of drug-likeness (QED) is 0.437. The second kappa shape index (κ2) is 9.68. The maximum Gasteiger partial charge on any atom is 0.243 e. The lowest BCUT2D eigenvalue weighted by Crippen LogP contribution is -2.48. The van der Waals surface area contributed by atoms with Crippen LogP contribution in [0.4, 0.5) is 5.13 Å². The average molecular weight is 522 g/mol. The lowest BCUT2D eigenvalue weighted by atomic mass is 10.1. The molecule has 1 aliphatic rings. The number of thiazole rings is 1. The van der Waals surface area contributed by atoms with Crippen molar-refractivity contribution < 1.29 is 13.2 Å². The van der Waals surface area contributed by atoms with Gasteiger partial charge in [0.15, 0.2) is 5.13 Å². The number of aromatic nitrogens is 1. The van der Waals surface area contributed by atoms with E-state index in [1.54, 1.807) is 34.9 Å². The highest BCUT2D eigenvalue weighted by atomic mass is 79.9. The molecular formula is C22H24BrN3O3S2. The van der Waals surface area contributed by atoms with Gasteiger partial charge in [0.25, 0.3) is 0 Å². The van der Waals surface area contributed by atoms with Crippen molar-refractivity contribution in [3.8, 4) is 5.75 Å². The summed E-state index contributed by atoms with van der Waals surface area (Å²) in [5.41, 5.74) is 3.21. The third kappa shape index (κ3) is 5.11. The van der Waals surface area contributed by atoms with E-state index >= 15 is 0 Å². The summed E-state index contributed by atoms with van der Waals surface area (Å²) in [6.45, 7) is 2.16. The highest BCUT2D eigenvalue weighted by Gasteiger charge is 2.29. The Morgan fingerprint density at radius 2 is 1.81 bits per heavy atom. The van der Waals surface area contributed by atoms with Gasteiger partial charge in [0.1, 0.15) is 5.75 Å². The fraction of sp³-hybridized carbons (Fsp3) is 0.318. The number of ether oxygens (including phenoxy) is 1. The van der Waals surface area contributed by atoms with Crippen molar-refractivity contribution in [3.63, 3.8) is 0 Å². The Hall–Kier alpha value is -1.94. The molecular weight excluding hydrogens is 498 g/mol. The van der Waals surface area contributed by atoms with Gasteiger partial charge in [-0.05, 0) is 35.4 Å². The minimum absolute atomic E-state index is 0.348. The van der Waals surface area contributed by atoms with Crippen LogP contribution in [0.5, 0.6) is 5.75 Å². The van der Waals surface area contributed by atoms with Gasteiger partial charge in [-0.25, -0.2) is 13.4 Å². The molecule has 1 saturated heterocycles. The zero-order chi connectivity index (χ0) is 21.8. The third-order valence-corrected chi connectivity index (χ3v) is 8.79. The van der Waals surface area contributed by atoms with E-state index in [0.717, 1.165) is 34.1 Å². The predicted molar refractivity (Wildman–Crippen MR) is 128 cm³/mol. The van der Waals surface area contributed by atoms with E-state index in [-0.39, 0.29) is 0 Å². The Morgan fingerprint density at radius 1 is 1.06 bits per heavy atom. The smallest absolute Gasteiger partial charge is 0.243 e. The van der Waals surface area contributed by atoms with Crippen molar-refractivity contribution in [3.05, 3.63) is 70.7 Å². The van der Waals surface area contributed by atoms with Gasteiger partial charge in [-0.1, -0.05) is 40.2 Å². The SMILES string of the molecule is COc1cccc(Cc2csc(N3CCN(S(=O)(=O)c4ccc(CBr)cc4)CC3)n2)c1. The summed E-state index contributed by atoms with van der Waals surface area (Å²) in [7, 11) is -1.81. The van der Waals surface area contributed by atoms with E-state index in [2.05, 4.69) is 32.3 Å². The third-order valence-electron chi connectivity index (χ3n) is 5.28. The van der Waals surface area contributed by atoms with Gasteiger partial charge in [0.05, 0.1) is 17.7 Å². The molecule has 9 heteroatoms. The maximum atomic E-state index is 13.0. The maximum absolute atomic E-state index is 13.0. The molecule has 0 unspecified atom stereocenters. The Kier molecular flexibility index (Phi) is 6.95. The number of hydrogen-bond acceptors (Lipinski definition) is 6. The van der Waals surface area contributed by atoms with Gasteiger partial charge in [0, 0.05) is 43.3 Å². The zero-order valence-electron chi connectivity index (χ0n) is 17.2. The Labute approximate surface area is 195 Å². The van der Waals surface area contributed by atoms with Crippen LogP contribution in [0, 0.1) is 0 Å². The minimum atomic E-state index is -3.47. The molecule has 4 rings (SSSR count). The van der Waals surface area contributed by atoms with Crippen LogP contribution in [0.15, 0.2) is 58.8 Å². The molecule has 6 nitrogen and oxygen atoms in total. The summed E-state index contributed by atoms with van der Waals surface area (Å²) in [4.78, 5) is 7.29. The first-order chi connectivity index (χ1) is 15.0. The average Bonchev–Trinajstić information content (AvgIpc) is 3.27. The van der Waals surface area contributed by atoms with E-state index in [4.69, 9.17) is 9.72 Å². The molecule has 31 heavy (non-hydrogen) atoms. The summed E-state index contributed by atoms with van der Waals surface area (Å²) >= 11 is 4.99. The van der Waals surface area contributed by atoms with Crippen molar-refractivity contribution in [2.24, 2.45) is 0 Å². The first kappa shape index (κ1) is 22.3. The zero-order valence-corrected chi connectivity index (χ0v) is 20.4. The Morgan fingerprint density at radius 3 is 2.48 bits per heavy atom. The molecule has 3 aromatic rings. The normalized spacial score (nSPS) is 15.2. The van der Waals surface area contributed by atoms with E-state index < -0.39 is 10.0 Å². The largest absolute Gasteiger partial charge is 0.497 e. The van der Waals surface area contributed by atoms with Crippen LogP contribution < -0.4 is 9.64 Å². The number of piperazine rings is 1. The van der Waals surface area contributed by atoms with Gasteiger partial charge in [-0.3, -0.25) is 0 Å². The Balaban J connectivity index is 1.38. The molecule has 2 aromatic carbocycles. The van der Waals surface area contributed by atoms with Crippen LogP contribution in [-0.2, 0) is 21.8 Å². The fourth-order valence-corrected chi connectivity index (χ4v) is 6.21. The molecule has 0 aliphatic carbocycles. The monoisotopic (exact) mass is 521 g/mol. The summed E-state index contributed by atoms with van der Waals surface area (Å²) in [6, 6.07) is 15.1. The first-order valence-corrected chi connectivity index (χ1v) is 13.4. The summed E-state index contributed by atoms with van der Waals surface area (Å²) in [5.74, 6) is 0.840. The van der Waals surface area contributed by atoms with Crippen molar-refractivity contribution in [1.82, 2.24) is 9.29 Å². The second-order valence-corrected chi connectivity index (χ2v) is 10.7. The standard InChI is InChI=1S/C22H24BrN3O3S2/c1-29-20-4-2-3-18(14-20)13-19-16-30-22(24-19)25-9-11-26(12-10-25)31(27,28)21-7-5-17(15-23)6-8-21/h2-8,14,16H,9-13,15H2,1H3. The van der Waals surface area contributed by atoms with Gasteiger partial charge in [0.2, 0.25) is 10.0 Å². The summed E-state index contributed by atoms with van der Waals surface area (Å²) < 4.78 is 32.8. The molecule has 1 fully saturated rings. The van der Waals surface area contributed by atoms with E-state index in [1.165, 1.54) is 0 Å². The van der Waals surface area contributed by atoms with Crippen LogP contribution in [0.2, 0.25) is 0 Å². The molecule has 0 N–H and O–H groups in total. The molecule has 0 radical (unpaired) electrons. The predicted octanol–water partition coefficient (Wildman–Crippen LogP) is 4.15. The van der Waals surface area contributed by atoms with Crippen molar-refractivity contribution >= 4 is 42.4 Å². The van der Waals surface area contributed by atoms with Crippen LogP contribution in [0.3, 0.4) is 0 Å². The van der Waals surface area contributed by atoms with Crippen LogP contribution in [0.1, 0.15) is 16.8 Å². The Bertz CT molecular complexity index is 1120. The van der Waals surface area contributed by atoms with Gasteiger partial charge < -0.3 is 9.64 Å². The van der Waals surface area contributed by atoms with E-state index in [0.29, 0.717) is 36.4 Å².